The van der Waals surface area contributed by atoms with Crippen LogP contribution in [0.2, 0.25) is 0 Å². The number of non-ortho nitro benzene ring substituents is 1. The van der Waals surface area contributed by atoms with Crippen molar-refractivity contribution < 1.29 is 9.72 Å². The van der Waals surface area contributed by atoms with E-state index in [-0.39, 0.29) is 24.2 Å². The first-order valence-electron chi connectivity index (χ1n) is 5.86. The van der Waals surface area contributed by atoms with Gasteiger partial charge in [-0.2, -0.15) is 0 Å². The van der Waals surface area contributed by atoms with Gasteiger partial charge in [0.1, 0.15) is 6.54 Å². The van der Waals surface area contributed by atoms with Gasteiger partial charge in [-0.1, -0.05) is 5.92 Å². The molecule has 21 heavy (non-hydrogen) atoms. The van der Waals surface area contributed by atoms with Crippen LogP contribution in [0, 0.1) is 22.5 Å². The molecule has 1 heterocycles. The van der Waals surface area contributed by atoms with Crippen LogP contribution < -0.4 is 10.9 Å². The Balaban J connectivity index is 2.41. The Bertz CT molecular complexity index is 819. The number of carbonyl (C=O) groups excluding carboxylic acids is 1. The fourth-order valence-electron chi connectivity index (χ4n) is 1.73. The van der Waals surface area contributed by atoms with Crippen molar-refractivity contribution in [2.45, 2.75) is 6.54 Å². The zero-order valence-electron chi connectivity index (χ0n) is 10.8. The van der Waals surface area contributed by atoms with Crippen molar-refractivity contribution in [3.05, 3.63) is 45.0 Å². The van der Waals surface area contributed by atoms with E-state index in [2.05, 4.69) is 16.2 Å². The first kappa shape index (κ1) is 14.2. The lowest BCUT2D eigenvalue weighted by atomic mass is 10.2. The number of amides is 1. The number of terminal acetylenes is 1. The third-order valence-corrected chi connectivity index (χ3v) is 2.72. The van der Waals surface area contributed by atoms with Gasteiger partial charge < -0.3 is 5.32 Å². The second-order valence-corrected chi connectivity index (χ2v) is 4.12. The van der Waals surface area contributed by atoms with Crippen molar-refractivity contribution in [2.75, 3.05) is 6.54 Å². The molecule has 2 aromatic rings. The monoisotopic (exact) mass is 286 g/mol. The highest BCUT2D eigenvalue weighted by Gasteiger charge is 2.12. The molecule has 0 aliphatic carbocycles. The molecule has 1 amide bonds. The Morgan fingerprint density at radius 3 is 2.95 bits per heavy atom. The predicted octanol–water partition coefficient (Wildman–Crippen LogP) is 0.0541. The molecule has 1 aromatic heterocycles. The summed E-state index contributed by atoms with van der Waals surface area (Å²) in [7, 11) is 0. The summed E-state index contributed by atoms with van der Waals surface area (Å²) in [5, 5.41) is 13.2. The van der Waals surface area contributed by atoms with Gasteiger partial charge in [0.2, 0.25) is 5.91 Å². The molecule has 0 saturated heterocycles. The molecule has 0 aliphatic heterocycles. The van der Waals surface area contributed by atoms with Gasteiger partial charge in [-0.25, -0.2) is 4.98 Å². The third kappa shape index (κ3) is 3.03. The molecular formula is C13H10N4O4. The number of nitro groups is 1. The second-order valence-electron chi connectivity index (χ2n) is 4.12. The Morgan fingerprint density at radius 1 is 1.52 bits per heavy atom. The topological polar surface area (TPSA) is 107 Å². The van der Waals surface area contributed by atoms with Crippen LogP contribution in [-0.2, 0) is 11.3 Å². The maximum Gasteiger partial charge on any atom is 0.270 e. The van der Waals surface area contributed by atoms with Crippen molar-refractivity contribution >= 4 is 22.5 Å². The standard InChI is InChI=1S/C13H10N4O4/c1-2-5-14-12(18)7-16-8-15-11-4-3-9(17(20)21)6-10(11)13(16)19/h1,3-4,6,8H,5,7H2,(H,14,18). The summed E-state index contributed by atoms with van der Waals surface area (Å²) in [6, 6.07) is 3.79. The lowest BCUT2D eigenvalue weighted by Gasteiger charge is -2.06. The molecule has 8 heteroatoms. The highest BCUT2D eigenvalue weighted by molar-refractivity contribution is 5.80. The minimum atomic E-state index is -0.601. The molecule has 0 aliphatic rings. The molecule has 0 unspecified atom stereocenters. The van der Waals surface area contributed by atoms with Crippen LogP contribution in [0.3, 0.4) is 0 Å². The van der Waals surface area contributed by atoms with Crippen molar-refractivity contribution in [1.29, 1.82) is 0 Å². The largest absolute Gasteiger partial charge is 0.344 e. The smallest absolute Gasteiger partial charge is 0.270 e. The highest BCUT2D eigenvalue weighted by Crippen LogP contribution is 2.16. The summed E-state index contributed by atoms with van der Waals surface area (Å²) in [5.74, 6) is 1.80. The quantitative estimate of drug-likeness (QED) is 0.485. The van der Waals surface area contributed by atoms with E-state index in [1.165, 1.54) is 18.5 Å². The number of aromatic nitrogens is 2. The minimum Gasteiger partial charge on any atom is -0.344 e. The zero-order valence-corrected chi connectivity index (χ0v) is 10.8. The molecule has 1 aromatic carbocycles. The average molecular weight is 286 g/mol. The van der Waals surface area contributed by atoms with Crippen LogP contribution in [0.15, 0.2) is 29.3 Å². The summed E-state index contributed by atoms with van der Waals surface area (Å²) in [4.78, 5) is 37.8. The van der Waals surface area contributed by atoms with Crippen molar-refractivity contribution in [2.24, 2.45) is 0 Å². The zero-order chi connectivity index (χ0) is 15.4. The number of fused-ring (bicyclic) bond motifs is 1. The molecule has 1 N–H and O–H groups in total. The van der Waals surface area contributed by atoms with E-state index in [0.717, 1.165) is 10.6 Å². The first-order valence-corrected chi connectivity index (χ1v) is 5.86. The second kappa shape index (κ2) is 5.83. The number of benzene rings is 1. The molecule has 106 valence electrons. The van der Waals surface area contributed by atoms with E-state index >= 15 is 0 Å². The average Bonchev–Trinajstić information content (AvgIpc) is 2.47. The van der Waals surface area contributed by atoms with Gasteiger partial charge in [-0.15, -0.1) is 6.42 Å². The Kier molecular flexibility index (Phi) is 3.95. The number of hydrogen-bond donors (Lipinski definition) is 1. The lowest BCUT2D eigenvalue weighted by Crippen LogP contribution is -2.32. The Morgan fingerprint density at radius 2 is 2.29 bits per heavy atom. The van der Waals surface area contributed by atoms with E-state index in [1.807, 2.05) is 0 Å². The molecule has 0 atom stereocenters. The SMILES string of the molecule is C#CCNC(=O)Cn1cnc2ccc([N+](=O)[O-])cc2c1=O. The summed E-state index contributed by atoms with van der Waals surface area (Å²) in [6.07, 6.45) is 6.22. The van der Waals surface area contributed by atoms with Gasteiger partial charge >= 0.3 is 0 Å². The summed E-state index contributed by atoms with van der Waals surface area (Å²) in [5.41, 5.74) is -0.415. The van der Waals surface area contributed by atoms with Gasteiger partial charge in [0.25, 0.3) is 11.2 Å². The maximum atomic E-state index is 12.2. The van der Waals surface area contributed by atoms with Gasteiger partial charge in [0.15, 0.2) is 0 Å². The van der Waals surface area contributed by atoms with E-state index in [4.69, 9.17) is 6.42 Å². The summed E-state index contributed by atoms with van der Waals surface area (Å²) >= 11 is 0. The molecule has 0 fully saturated rings. The van der Waals surface area contributed by atoms with E-state index in [9.17, 15) is 19.7 Å². The number of nitrogens with zero attached hydrogens (tertiary/aromatic N) is 3. The molecule has 2 rings (SSSR count). The van der Waals surface area contributed by atoms with Crippen molar-refractivity contribution in [3.63, 3.8) is 0 Å². The molecule has 8 nitrogen and oxygen atoms in total. The normalized spacial score (nSPS) is 10.0. The number of carbonyl (C=O) groups is 1. The van der Waals surface area contributed by atoms with Crippen LogP contribution in [0.1, 0.15) is 0 Å². The predicted molar refractivity (Wildman–Crippen MR) is 74.5 cm³/mol. The van der Waals surface area contributed by atoms with Gasteiger partial charge in [-0.3, -0.25) is 24.3 Å². The number of nitrogens with one attached hydrogen (secondary N) is 1. The Hall–Kier alpha value is -3.21. The number of rotatable bonds is 4. The summed E-state index contributed by atoms with van der Waals surface area (Å²) in [6.45, 7) is -0.202. The number of hydrogen-bond acceptors (Lipinski definition) is 5. The third-order valence-electron chi connectivity index (χ3n) is 2.72. The van der Waals surface area contributed by atoms with Gasteiger partial charge in [0, 0.05) is 12.1 Å². The molecular weight excluding hydrogens is 276 g/mol. The van der Waals surface area contributed by atoms with Crippen LogP contribution in [0.25, 0.3) is 10.9 Å². The maximum absolute atomic E-state index is 12.2. The fraction of sp³-hybridized carbons (Fsp3) is 0.154. The highest BCUT2D eigenvalue weighted by atomic mass is 16.6. The van der Waals surface area contributed by atoms with Crippen LogP contribution in [0.4, 0.5) is 5.69 Å². The molecule has 0 bridgehead atoms. The summed E-state index contributed by atoms with van der Waals surface area (Å²) < 4.78 is 1.07. The molecule has 0 saturated carbocycles. The number of nitro benzene ring substituents is 1. The minimum absolute atomic E-state index is 0.0556. The lowest BCUT2D eigenvalue weighted by molar-refractivity contribution is -0.384. The van der Waals surface area contributed by atoms with Crippen LogP contribution >= 0.6 is 0 Å². The van der Waals surface area contributed by atoms with E-state index in [0.29, 0.717) is 5.52 Å². The van der Waals surface area contributed by atoms with E-state index in [1.54, 1.807) is 0 Å². The van der Waals surface area contributed by atoms with Crippen LogP contribution in [0.5, 0.6) is 0 Å². The van der Waals surface area contributed by atoms with Crippen molar-refractivity contribution in [3.8, 4) is 12.3 Å². The van der Waals surface area contributed by atoms with Gasteiger partial charge in [0.05, 0.1) is 28.7 Å². The molecule has 0 spiro atoms. The Labute approximate surface area is 118 Å². The molecule has 0 radical (unpaired) electrons. The van der Waals surface area contributed by atoms with Crippen molar-refractivity contribution in [1.82, 2.24) is 14.9 Å². The van der Waals surface area contributed by atoms with Gasteiger partial charge in [-0.05, 0) is 6.07 Å². The van der Waals surface area contributed by atoms with Crippen LogP contribution in [-0.4, -0.2) is 26.9 Å². The fourth-order valence-corrected chi connectivity index (χ4v) is 1.73. The van der Waals surface area contributed by atoms with E-state index < -0.39 is 16.4 Å². The first-order chi connectivity index (χ1) is 10.0.